The second kappa shape index (κ2) is 4.78. The standard InChI is InChI=1S/C16H13FN2/c17-16-6-5-11(8-18)7-14(16)15-10-19-9-12-3-1-2-4-13(12)15/h1-7,9-10H,8,18H2. The summed E-state index contributed by atoms with van der Waals surface area (Å²) in [6, 6.07) is 12.8. The molecular formula is C16H13FN2. The molecule has 0 saturated carbocycles. The lowest BCUT2D eigenvalue weighted by molar-refractivity contribution is 0.630. The van der Waals surface area contributed by atoms with Gasteiger partial charge in [-0.2, -0.15) is 0 Å². The summed E-state index contributed by atoms with van der Waals surface area (Å²) in [4.78, 5) is 4.19. The highest BCUT2D eigenvalue weighted by Gasteiger charge is 2.09. The predicted octanol–water partition coefficient (Wildman–Crippen LogP) is 3.50. The maximum atomic E-state index is 14.1. The lowest BCUT2D eigenvalue weighted by Crippen LogP contribution is -1.97. The predicted molar refractivity (Wildman–Crippen MR) is 75.0 cm³/mol. The molecule has 0 aliphatic carbocycles. The number of hydrogen-bond acceptors (Lipinski definition) is 2. The molecular weight excluding hydrogens is 239 g/mol. The van der Waals surface area contributed by atoms with Crippen molar-refractivity contribution in [3.05, 3.63) is 66.2 Å². The Labute approximate surface area is 110 Å². The summed E-state index contributed by atoms with van der Waals surface area (Å²) in [5, 5.41) is 1.99. The molecule has 2 aromatic carbocycles. The van der Waals surface area contributed by atoms with Crippen LogP contribution < -0.4 is 5.73 Å². The number of pyridine rings is 1. The number of aromatic nitrogens is 1. The topological polar surface area (TPSA) is 38.9 Å². The Morgan fingerprint density at radius 3 is 2.68 bits per heavy atom. The number of nitrogens with zero attached hydrogens (tertiary/aromatic N) is 1. The monoisotopic (exact) mass is 252 g/mol. The number of rotatable bonds is 2. The minimum absolute atomic E-state index is 0.254. The number of nitrogens with two attached hydrogens (primary N) is 1. The van der Waals surface area contributed by atoms with E-state index in [0.29, 0.717) is 12.1 Å². The number of fused-ring (bicyclic) bond motifs is 1. The molecule has 0 amide bonds. The van der Waals surface area contributed by atoms with Crippen molar-refractivity contribution in [2.24, 2.45) is 5.73 Å². The fourth-order valence-corrected chi connectivity index (χ4v) is 2.24. The van der Waals surface area contributed by atoms with Crippen LogP contribution in [0.15, 0.2) is 54.9 Å². The Morgan fingerprint density at radius 2 is 1.84 bits per heavy atom. The number of halogens is 1. The molecule has 1 heterocycles. The minimum atomic E-state index is -0.254. The molecule has 94 valence electrons. The first-order chi connectivity index (χ1) is 9.29. The first kappa shape index (κ1) is 11.8. The Bertz CT molecular complexity index is 732. The van der Waals surface area contributed by atoms with Crippen LogP contribution in [0.3, 0.4) is 0 Å². The van der Waals surface area contributed by atoms with Crippen LogP contribution in [0.25, 0.3) is 21.9 Å². The van der Waals surface area contributed by atoms with E-state index in [4.69, 9.17) is 5.73 Å². The van der Waals surface area contributed by atoms with Crippen LogP contribution in [0, 0.1) is 5.82 Å². The molecule has 0 bridgehead atoms. The van der Waals surface area contributed by atoms with Gasteiger partial charge in [-0.1, -0.05) is 30.3 Å². The largest absolute Gasteiger partial charge is 0.326 e. The zero-order valence-corrected chi connectivity index (χ0v) is 10.3. The van der Waals surface area contributed by atoms with Crippen molar-refractivity contribution in [2.75, 3.05) is 0 Å². The van der Waals surface area contributed by atoms with Crippen LogP contribution >= 0.6 is 0 Å². The van der Waals surface area contributed by atoms with Gasteiger partial charge in [-0.25, -0.2) is 4.39 Å². The fourth-order valence-electron chi connectivity index (χ4n) is 2.24. The maximum absolute atomic E-state index is 14.1. The quantitative estimate of drug-likeness (QED) is 0.758. The fraction of sp³-hybridized carbons (Fsp3) is 0.0625. The molecule has 0 spiro atoms. The molecule has 0 aliphatic rings. The molecule has 2 N–H and O–H groups in total. The minimum Gasteiger partial charge on any atom is -0.326 e. The van der Waals surface area contributed by atoms with Crippen LogP contribution in [-0.4, -0.2) is 4.98 Å². The lowest BCUT2D eigenvalue weighted by Gasteiger charge is -2.09. The molecule has 0 saturated heterocycles. The van der Waals surface area contributed by atoms with Crippen LogP contribution in [0.2, 0.25) is 0 Å². The van der Waals surface area contributed by atoms with Crippen LogP contribution in [-0.2, 0) is 6.54 Å². The smallest absolute Gasteiger partial charge is 0.131 e. The first-order valence-electron chi connectivity index (χ1n) is 6.11. The molecule has 1 aromatic heterocycles. The van der Waals surface area contributed by atoms with E-state index >= 15 is 0 Å². The van der Waals surface area contributed by atoms with E-state index in [9.17, 15) is 4.39 Å². The Balaban J connectivity index is 2.30. The zero-order valence-electron chi connectivity index (χ0n) is 10.3. The third kappa shape index (κ3) is 2.09. The summed E-state index contributed by atoms with van der Waals surface area (Å²) in [6.45, 7) is 0.394. The molecule has 19 heavy (non-hydrogen) atoms. The summed E-state index contributed by atoms with van der Waals surface area (Å²) in [5.41, 5.74) is 7.87. The molecule has 0 unspecified atom stereocenters. The molecule has 0 radical (unpaired) electrons. The highest BCUT2D eigenvalue weighted by atomic mass is 19.1. The summed E-state index contributed by atoms with van der Waals surface area (Å²) < 4.78 is 14.1. The van der Waals surface area contributed by atoms with Crippen molar-refractivity contribution in [3.63, 3.8) is 0 Å². The Kier molecular flexibility index (Phi) is 2.97. The van der Waals surface area contributed by atoms with Crippen LogP contribution in [0.1, 0.15) is 5.56 Å². The van der Waals surface area contributed by atoms with E-state index < -0.39 is 0 Å². The average molecular weight is 252 g/mol. The van der Waals surface area contributed by atoms with Gasteiger partial charge in [-0.15, -0.1) is 0 Å². The first-order valence-corrected chi connectivity index (χ1v) is 6.11. The summed E-state index contributed by atoms with van der Waals surface area (Å²) in [7, 11) is 0. The SMILES string of the molecule is NCc1ccc(F)c(-c2cncc3ccccc23)c1. The molecule has 2 nitrogen and oxygen atoms in total. The normalized spacial score (nSPS) is 10.8. The van der Waals surface area contributed by atoms with Gasteiger partial charge in [0.1, 0.15) is 5.82 Å². The van der Waals surface area contributed by atoms with Gasteiger partial charge in [-0.3, -0.25) is 4.98 Å². The van der Waals surface area contributed by atoms with Gasteiger partial charge < -0.3 is 5.73 Å². The molecule has 3 aromatic rings. The van der Waals surface area contributed by atoms with Crippen LogP contribution in [0.4, 0.5) is 4.39 Å². The van der Waals surface area contributed by atoms with E-state index in [1.165, 1.54) is 6.07 Å². The van der Waals surface area contributed by atoms with E-state index in [2.05, 4.69) is 4.98 Å². The molecule has 0 aliphatic heterocycles. The van der Waals surface area contributed by atoms with Gasteiger partial charge >= 0.3 is 0 Å². The second-order valence-corrected chi connectivity index (χ2v) is 4.43. The number of hydrogen-bond donors (Lipinski definition) is 1. The van der Waals surface area contributed by atoms with Crippen molar-refractivity contribution in [3.8, 4) is 11.1 Å². The Morgan fingerprint density at radius 1 is 1.00 bits per heavy atom. The van der Waals surface area contributed by atoms with Gasteiger partial charge in [0.05, 0.1) is 0 Å². The van der Waals surface area contributed by atoms with Crippen molar-refractivity contribution < 1.29 is 4.39 Å². The van der Waals surface area contributed by atoms with Crippen LogP contribution in [0.5, 0.6) is 0 Å². The van der Waals surface area contributed by atoms with Crippen molar-refractivity contribution in [1.29, 1.82) is 0 Å². The van der Waals surface area contributed by atoms with Gasteiger partial charge in [0.2, 0.25) is 0 Å². The van der Waals surface area contributed by atoms with E-state index in [0.717, 1.165) is 21.9 Å². The second-order valence-electron chi connectivity index (χ2n) is 4.43. The molecule has 3 heteroatoms. The van der Waals surface area contributed by atoms with E-state index in [1.807, 2.05) is 24.3 Å². The highest BCUT2D eigenvalue weighted by molar-refractivity contribution is 5.95. The maximum Gasteiger partial charge on any atom is 0.131 e. The summed E-state index contributed by atoms with van der Waals surface area (Å²) in [5.74, 6) is -0.254. The van der Waals surface area contributed by atoms with Crippen molar-refractivity contribution in [2.45, 2.75) is 6.54 Å². The molecule has 0 fully saturated rings. The summed E-state index contributed by atoms with van der Waals surface area (Å²) in [6.07, 6.45) is 3.48. The molecule has 0 atom stereocenters. The third-order valence-corrected chi connectivity index (χ3v) is 3.22. The van der Waals surface area contributed by atoms with Gasteiger partial charge in [0, 0.05) is 35.5 Å². The van der Waals surface area contributed by atoms with Crippen molar-refractivity contribution >= 4 is 10.8 Å². The van der Waals surface area contributed by atoms with E-state index in [1.54, 1.807) is 24.5 Å². The summed E-state index contributed by atoms with van der Waals surface area (Å²) >= 11 is 0. The van der Waals surface area contributed by atoms with Crippen molar-refractivity contribution in [1.82, 2.24) is 4.98 Å². The highest BCUT2D eigenvalue weighted by Crippen LogP contribution is 2.30. The van der Waals surface area contributed by atoms with Gasteiger partial charge in [-0.05, 0) is 23.1 Å². The third-order valence-electron chi connectivity index (χ3n) is 3.22. The lowest BCUT2D eigenvalue weighted by atomic mass is 9.99. The Hall–Kier alpha value is -2.26. The zero-order chi connectivity index (χ0) is 13.2. The van der Waals surface area contributed by atoms with Gasteiger partial charge in [0.15, 0.2) is 0 Å². The number of benzene rings is 2. The average Bonchev–Trinajstić information content (AvgIpc) is 2.47. The van der Waals surface area contributed by atoms with E-state index in [-0.39, 0.29) is 5.82 Å². The molecule has 3 rings (SSSR count). The van der Waals surface area contributed by atoms with Gasteiger partial charge in [0.25, 0.3) is 0 Å².